The molecule has 0 saturated heterocycles. The van der Waals surface area contributed by atoms with Crippen LogP contribution in [0.15, 0.2) is 22.8 Å². The van der Waals surface area contributed by atoms with Gasteiger partial charge in [0, 0.05) is 6.04 Å². The van der Waals surface area contributed by atoms with Crippen LogP contribution in [0.3, 0.4) is 0 Å². The molecule has 154 valence electrons. The molecule has 0 spiro atoms. The molecule has 9 nitrogen and oxygen atoms in total. The Balaban J connectivity index is 1.76. The Bertz CT molecular complexity index is 680. The standard InChI is InChI=1S/C19H27N3O6/c1-12(2)16(22-17(24)14-9-6-10-27-14)18(25)28-11-15(23)21-19(26)20-13-7-4-3-5-8-13/h6,9-10,12-13,16H,3-5,7-8,11H2,1-2H3,(H,22,24)(H2,20,21,23,26)/t16-/m0/s1. The van der Waals surface area contributed by atoms with Crippen molar-refractivity contribution in [2.75, 3.05) is 6.61 Å². The van der Waals surface area contributed by atoms with Crippen LogP contribution in [0.2, 0.25) is 0 Å². The summed E-state index contributed by atoms with van der Waals surface area (Å²) in [7, 11) is 0. The topological polar surface area (TPSA) is 127 Å². The van der Waals surface area contributed by atoms with Crippen molar-refractivity contribution in [2.45, 2.75) is 58.0 Å². The zero-order valence-corrected chi connectivity index (χ0v) is 16.2. The van der Waals surface area contributed by atoms with Gasteiger partial charge in [0.25, 0.3) is 11.8 Å². The van der Waals surface area contributed by atoms with Crippen molar-refractivity contribution in [3.8, 4) is 0 Å². The Morgan fingerprint density at radius 2 is 1.89 bits per heavy atom. The fourth-order valence-corrected chi connectivity index (χ4v) is 2.98. The molecule has 1 fully saturated rings. The molecule has 3 N–H and O–H groups in total. The van der Waals surface area contributed by atoms with Crippen molar-refractivity contribution in [3.05, 3.63) is 24.2 Å². The van der Waals surface area contributed by atoms with E-state index < -0.39 is 36.5 Å². The van der Waals surface area contributed by atoms with Gasteiger partial charge in [-0.1, -0.05) is 33.1 Å². The van der Waals surface area contributed by atoms with Crippen LogP contribution < -0.4 is 16.0 Å². The largest absolute Gasteiger partial charge is 0.459 e. The number of ether oxygens (including phenoxy) is 1. The molecule has 1 heterocycles. The summed E-state index contributed by atoms with van der Waals surface area (Å²) >= 11 is 0. The molecule has 0 aromatic carbocycles. The molecular weight excluding hydrogens is 366 g/mol. The summed E-state index contributed by atoms with van der Waals surface area (Å²) in [6.45, 7) is 2.84. The summed E-state index contributed by atoms with van der Waals surface area (Å²) in [5, 5.41) is 7.41. The quantitative estimate of drug-likeness (QED) is 0.606. The second-order valence-corrected chi connectivity index (χ2v) is 7.14. The first kappa shape index (κ1) is 21.5. The van der Waals surface area contributed by atoms with Crippen molar-refractivity contribution in [1.29, 1.82) is 0 Å². The Hall–Kier alpha value is -2.84. The van der Waals surface area contributed by atoms with E-state index in [0.717, 1.165) is 32.1 Å². The highest BCUT2D eigenvalue weighted by atomic mass is 16.5. The first-order valence-corrected chi connectivity index (χ1v) is 9.48. The number of furan rings is 1. The molecule has 0 unspecified atom stereocenters. The van der Waals surface area contributed by atoms with E-state index in [1.807, 2.05) is 0 Å². The van der Waals surface area contributed by atoms with Crippen LogP contribution in [0.25, 0.3) is 0 Å². The van der Waals surface area contributed by atoms with E-state index in [9.17, 15) is 19.2 Å². The maximum atomic E-state index is 12.2. The van der Waals surface area contributed by atoms with Crippen LogP contribution in [-0.4, -0.2) is 42.5 Å². The van der Waals surface area contributed by atoms with Gasteiger partial charge in [0.2, 0.25) is 0 Å². The second-order valence-electron chi connectivity index (χ2n) is 7.14. The number of carbonyl (C=O) groups is 4. The Kier molecular flexibility index (Phi) is 8.03. The second kappa shape index (κ2) is 10.5. The Morgan fingerprint density at radius 1 is 1.18 bits per heavy atom. The highest BCUT2D eigenvalue weighted by molar-refractivity contribution is 5.97. The van der Waals surface area contributed by atoms with E-state index in [1.54, 1.807) is 19.9 Å². The van der Waals surface area contributed by atoms with E-state index in [0.29, 0.717) is 0 Å². The molecule has 1 atom stereocenters. The van der Waals surface area contributed by atoms with Crippen molar-refractivity contribution in [2.24, 2.45) is 5.92 Å². The lowest BCUT2D eigenvalue weighted by Gasteiger charge is -2.22. The maximum absolute atomic E-state index is 12.2. The highest BCUT2D eigenvalue weighted by Gasteiger charge is 2.27. The molecule has 1 aromatic rings. The van der Waals surface area contributed by atoms with Gasteiger partial charge in [-0.3, -0.25) is 14.9 Å². The van der Waals surface area contributed by atoms with Crippen LogP contribution in [0.1, 0.15) is 56.5 Å². The van der Waals surface area contributed by atoms with Gasteiger partial charge in [-0.15, -0.1) is 0 Å². The van der Waals surface area contributed by atoms with Gasteiger partial charge in [-0.05, 0) is 30.9 Å². The number of imide groups is 1. The third kappa shape index (κ3) is 6.71. The summed E-state index contributed by atoms with van der Waals surface area (Å²) in [5.74, 6) is -2.27. The lowest BCUT2D eigenvalue weighted by molar-refractivity contribution is -0.151. The van der Waals surface area contributed by atoms with Gasteiger partial charge in [0.1, 0.15) is 6.04 Å². The van der Waals surface area contributed by atoms with Crippen LogP contribution in [0.5, 0.6) is 0 Å². The van der Waals surface area contributed by atoms with Crippen LogP contribution in [0, 0.1) is 5.92 Å². The summed E-state index contributed by atoms with van der Waals surface area (Å²) in [6, 6.07) is 1.53. The van der Waals surface area contributed by atoms with Crippen LogP contribution in [-0.2, 0) is 14.3 Å². The molecule has 1 aliphatic rings. The first-order valence-electron chi connectivity index (χ1n) is 9.48. The lowest BCUT2D eigenvalue weighted by Crippen LogP contribution is -2.48. The fourth-order valence-electron chi connectivity index (χ4n) is 2.98. The molecule has 0 aliphatic heterocycles. The molecule has 2 rings (SSSR count). The van der Waals surface area contributed by atoms with E-state index in [1.165, 1.54) is 12.3 Å². The van der Waals surface area contributed by atoms with Crippen molar-refractivity contribution in [3.63, 3.8) is 0 Å². The predicted molar refractivity (Wildman–Crippen MR) is 99.3 cm³/mol. The molecule has 1 saturated carbocycles. The van der Waals surface area contributed by atoms with E-state index in [4.69, 9.17) is 9.15 Å². The van der Waals surface area contributed by atoms with Gasteiger partial charge in [0.05, 0.1) is 6.26 Å². The number of hydrogen-bond acceptors (Lipinski definition) is 6. The molecule has 1 aliphatic carbocycles. The smallest absolute Gasteiger partial charge is 0.329 e. The zero-order chi connectivity index (χ0) is 20.5. The summed E-state index contributed by atoms with van der Waals surface area (Å²) < 4.78 is 9.95. The van der Waals surface area contributed by atoms with Crippen molar-refractivity contribution in [1.82, 2.24) is 16.0 Å². The number of amides is 4. The first-order chi connectivity index (χ1) is 13.4. The van der Waals surface area contributed by atoms with Gasteiger partial charge in [-0.25, -0.2) is 9.59 Å². The van der Waals surface area contributed by atoms with Crippen molar-refractivity contribution >= 4 is 23.8 Å². The summed E-state index contributed by atoms with van der Waals surface area (Å²) in [6.07, 6.45) is 6.39. The Labute approximate surface area is 163 Å². The third-order valence-corrected chi connectivity index (χ3v) is 4.49. The minimum absolute atomic E-state index is 0.0613. The highest BCUT2D eigenvalue weighted by Crippen LogP contribution is 2.17. The third-order valence-electron chi connectivity index (χ3n) is 4.49. The normalized spacial score (nSPS) is 15.5. The number of nitrogens with one attached hydrogen (secondary N) is 3. The van der Waals surface area contributed by atoms with Gasteiger partial charge >= 0.3 is 12.0 Å². The van der Waals surface area contributed by atoms with E-state index >= 15 is 0 Å². The number of urea groups is 1. The number of carbonyl (C=O) groups excluding carboxylic acids is 4. The number of rotatable bonds is 7. The molecule has 1 aromatic heterocycles. The summed E-state index contributed by atoms with van der Waals surface area (Å²) in [5.41, 5.74) is 0. The molecule has 28 heavy (non-hydrogen) atoms. The molecule has 0 bridgehead atoms. The monoisotopic (exact) mass is 393 g/mol. The predicted octanol–water partition coefficient (Wildman–Crippen LogP) is 1.74. The van der Waals surface area contributed by atoms with E-state index in [2.05, 4.69) is 16.0 Å². The number of esters is 1. The molecule has 4 amide bonds. The molecule has 0 radical (unpaired) electrons. The SMILES string of the molecule is CC(C)[C@H](NC(=O)c1ccco1)C(=O)OCC(=O)NC(=O)NC1CCCCC1. The minimum atomic E-state index is -0.957. The molecule has 9 heteroatoms. The average Bonchev–Trinajstić information content (AvgIpc) is 3.19. The Morgan fingerprint density at radius 3 is 2.50 bits per heavy atom. The molecular formula is C19H27N3O6. The lowest BCUT2D eigenvalue weighted by atomic mass is 9.96. The van der Waals surface area contributed by atoms with Gasteiger partial charge in [-0.2, -0.15) is 0 Å². The fraction of sp³-hybridized carbons (Fsp3) is 0.579. The van der Waals surface area contributed by atoms with Gasteiger partial charge < -0.3 is 19.8 Å². The van der Waals surface area contributed by atoms with Crippen molar-refractivity contribution < 1.29 is 28.3 Å². The average molecular weight is 393 g/mol. The summed E-state index contributed by atoms with van der Waals surface area (Å²) in [4.78, 5) is 48.0. The van der Waals surface area contributed by atoms with Crippen LogP contribution >= 0.6 is 0 Å². The maximum Gasteiger partial charge on any atom is 0.329 e. The van der Waals surface area contributed by atoms with Gasteiger partial charge in [0.15, 0.2) is 12.4 Å². The minimum Gasteiger partial charge on any atom is -0.459 e. The number of hydrogen-bond donors (Lipinski definition) is 3. The zero-order valence-electron chi connectivity index (χ0n) is 16.2. The van der Waals surface area contributed by atoms with Crippen LogP contribution in [0.4, 0.5) is 4.79 Å². The van der Waals surface area contributed by atoms with E-state index in [-0.39, 0.29) is 17.7 Å².